The Balaban J connectivity index is 1.39. The molecule has 0 aromatic heterocycles. The third kappa shape index (κ3) is 5.98. The molecular formula is C24H25NO5. The monoisotopic (exact) mass is 407 g/mol. The highest BCUT2D eigenvalue weighted by atomic mass is 16.6. The number of methoxy groups -OCH3 is 1. The number of carbonyl (C=O) groups is 2. The second-order valence-electron chi connectivity index (χ2n) is 6.82. The standard InChI is InChI=1S/C24H25NO5/c1-17(24(27)25-14-13-18-7-10-21(28-2)11-8-18)30-23(26)16-29-22-12-9-19-5-3-4-6-20(19)15-22/h3-12,15,17H,13-14,16H2,1-2H3,(H,25,27). The SMILES string of the molecule is COc1ccc(CCNC(=O)C(C)OC(=O)COc2ccc3ccccc3c2)cc1. The smallest absolute Gasteiger partial charge is 0.344 e. The maximum atomic E-state index is 12.1. The molecule has 1 N–H and O–H groups in total. The van der Waals surface area contributed by atoms with E-state index in [2.05, 4.69) is 5.32 Å². The van der Waals surface area contributed by atoms with Crippen LogP contribution in [0.15, 0.2) is 66.7 Å². The fourth-order valence-electron chi connectivity index (χ4n) is 2.95. The number of rotatable bonds is 9. The zero-order valence-corrected chi connectivity index (χ0v) is 17.1. The molecule has 0 aliphatic heterocycles. The summed E-state index contributed by atoms with van der Waals surface area (Å²) >= 11 is 0. The number of carbonyl (C=O) groups excluding carboxylic acids is 2. The average Bonchev–Trinajstić information content (AvgIpc) is 2.78. The highest BCUT2D eigenvalue weighted by molar-refractivity contribution is 5.84. The van der Waals surface area contributed by atoms with Crippen molar-refractivity contribution in [2.45, 2.75) is 19.4 Å². The summed E-state index contributed by atoms with van der Waals surface area (Å²) in [5, 5.41) is 4.88. The van der Waals surface area contributed by atoms with Gasteiger partial charge in [-0.1, -0.05) is 42.5 Å². The van der Waals surface area contributed by atoms with E-state index in [0.29, 0.717) is 18.7 Å². The van der Waals surface area contributed by atoms with Crippen LogP contribution in [0.2, 0.25) is 0 Å². The lowest BCUT2D eigenvalue weighted by atomic mass is 10.1. The molecule has 0 heterocycles. The van der Waals surface area contributed by atoms with E-state index < -0.39 is 12.1 Å². The zero-order chi connectivity index (χ0) is 21.3. The minimum absolute atomic E-state index is 0.262. The molecule has 3 aromatic carbocycles. The largest absolute Gasteiger partial charge is 0.497 e. The van der Waals surface area contributed by atoms with E-state index in [4.69, 9.17) is 14.2 Å². The maximum Gasteiger partial charge on any atom is 0.344 e. The number of esters is 1. The van der Waals surface area contributed by atoms with E-state index in [1.807, 2.05) is 60.7 Å². The molecule has 6 nitrogen and oxygen atoms in total. The van der Waals surface area contributed by atoms with E-state index in [-0.39, 0.29) is 12.5 Å². The number of benzene rings is 3. The Morgan fingerprint density at radius 3 is 2.37 bits per heavy atom. The molecule has 0 saturated carbocycles. The molecule has 0 aliphatic rings. The van der Waals surface area contributed by atoms with Crippen LogP contribution in [0.1, 0.15) is 12.5 Å². The van der Waals surface area contributed by atoms with Crippen LogP contribution < -0.4 is 14.8 Å². The summed E-state index contributed by atoms with van der Waals surface area (Å²) in [7, 11) is 1.62. The summed E-state index contributed by atoms with van der Waals surface area (Å²) in [6.45, 7) is 1.72. The molecular weight excluding hydrogens is 382 g/mol. The summed E-state index contributed by atoms with van der Waals surface area (Å²) < 4.78 is 15.8. The number of amides is 1. The molecule has 0 radical (unpaired) electrons. The number of fused-ring (bicyclic) bond motifs is 1. The molecule has 156 valence electrons. The van der Waals surface area contributed by atoms with Gasteiger partial charge in [0.25, 0.3) is 5.91 Å². The Morgan fingerprint density at radius 1 is 0.933 bits per heavy atom. The third-order valence-electron chi connectivity index (χ3n) is 4.63. The van der Waals surface area contributed by atoms with E-state index in [1.165, 1.54) is 6.92 Å². The fourth-order valence-corrected chi connectivity index (χ4v) is 2.95. The van der Waals surface area contributed by atoms with Crippen LogP contribution in [-0.2, 0) is 20.7 Å². The van der Waals surface area contributed by atoms with Crippen molar-refractivity contribution in [2.24, 2.45) is 0 Å². The summed E-state index contributed by atoms with van der Waals surface area (Å²) in [5.41, 5.74) is 1.07. The molecule has 1 amide bonds. The van der Waals surface area contributed by atoms with E-state index in [1.54, 1.807) is 13.2 Å². The van der Waals surface area contributed by atoms with Gasteiger partial charge < -0.3 is 19.5 Å². The van der Waals surface area contributed by atoms with Crippen molar-refractivity contribution < 1.29 is 23.8 Å². The van der Waals surface area contributed by atoms with Gasteiger partial charge >= 0.3 is 5.97 Å². The van der Waals surface area contributed by atoms with Gasteiger partial charge in [-0.3, -0.25) is 4.79 Å². The predicted octanol–water partition coefficient (Wildman–Crippen LogP) is 3.52. The fraction of sp³-hybridized carbons (Fsp3) is 0.250. The van der Waals surface area contributed by atoms with Gasteiger partial charge in [0.15, 0.2) is 12.7 Å². The first-order chi connectivity index (χ1) is 14.5. The first kappa shape index (κ1) is 21.2. The Labute approximate surface area is 175 Å². The van der Waals surface area contributed by atoms with Gasteiger partial charge in [0.05, 0.1) is 7.11 Å². The van der Waals surface area contributed by atoms with Gasteiger partial charge in [-0.05, 0) is 53.9 Å². The lowest BCUT2D eigenvalue weighted by Gasteiger charge is -2.14. The number of nitrogens with one attached hydrogen (secondary N) is 1. The second-order valence-corrected chi connectivity index (χ2v) is 6.82. The van der Waals surface area contributed by atoms with Crippen LogP contribution in [-0.4, -0.2) is 38.2 Å². The molecule has 6 heteroatoms. The van der Waals surface area contributed by atoms with E-state index >= 15 is 0 Å². The van der Waals surface area contributed by atoms with Crippen molar-refractivity contribution in [1.29, 1.82) is 0 Å². The van der Waals surface area contributed by atoms with Crippen LogP contribution in [0.3, 0.4) is 0 Å². The van der Waals surface area contributed by atoms with Crippen molar-refractivity contribution in [3.63, 3.8) is 0 Å². The minimum Gasteiger partial charge on any atom is -0.497 e. The quantitative estimate of drug-likeness (QED) is 0.550. The van der Waals surface area contributed by atoms with Crippen LogP contribution in [0.25, 0.3) is 10.8 Å². The number of ether oxygens (including phenoxy) is 3. The minimum atomic E-state index is -0.895. The molecule has 0 saturated heterocycles. The van der Waals surface area contributed by atoms with Gasteiger partial charge in [0, 0.05) is 6.54 Å². The van der Waals surface area contributed by atoms with Crippen molar-refractivity contribution in [1.82, 2.24) is 5.32 Å². The summed E-state index contributed by atoms with van der Waals surface area (Å²) in [4.78, 5) is 24.2. The maximum absolute atomic E-state index is 12.1. The first-order valence-corrected chi connectivity index (χ1v) is 9.77. The molecule has 0 fully saturated rings. The highest BCUT2D eigenvalue weighted by Crippen LogP contribution is 2.20. The Morgan fingerprint density at radius 2 is 1.63 bits per heavy atom. The van der Waals surface area contributed by atoms with Gasteiger partial charge in [0.1, 0.15) is 11.5 Å². The lowest BCUT2D eigenvalue weighted by Crippen LogP contribution is -2.37. The number of hydrogen-bond acceptors (Lipinski definition) is 5. The van der Waals surface area contributed by atoms with Gasteiger partial charge in [0.2, 0.25) is 0 Å². The Kier molecular flexibility index (Phi) is 7.27. The summed E-state index contributed by atoms with van der Waals surface area (Å²) in [6.07, 6.45) is -0.227. The number of hydrogen-bond donors (Lipinski definition) is 1. The Bertz CT molecular complexity index is 1000. The molecule has 3 rings (SSSR count). The molecule has 0 aliphatic carbocycles. The van der Waals surface area contributed by atoms with Gasteiger partial charge in [-0.15, -0.1) is 0 Å². The van der Waals surface area contributed by atoms with Gasteiger partial charge in [-0.2, -0.15) is 0 Å². The van der Waals surface area contributed by atoms with Gasteiger partial charge in [-0.25, -0.2) is 4.79 Å². The summed E-state index contributed by atoms with van der Waals surface area (Å²) in [6, 6.07) is 21.1. The molecule has 1 unspecified atom stereocenters. The van der Waals surface area contributed by atoms with Crippen molar-refractivity contribution >= 4 is 22.6 Å². The molecule has 30 heavy (non-hydrogen) atoms. The Hall–Kier alpha value is -3.54. The van der Waals surface area contributed by atoms with Crippen molar-refractivity contribution in [3.05, 3.63) is 72.3 Å². The lowest BCUT2D eigenvalue weighted by molar-refractivity contribution is -0.156. The highest BCUT2D eigenvalue weighted by Gasteiger charge is 2.17. The average molecular weight is 407 g/mol. The van der Waals surface area contributed by atoms with Crippen molar-refractivity contribution in [2.75, 3.05) is 20.3 Å². The van der Waals surface area contributed by atoms with Crippen LogP contribution >= 0.6 is 0 Å². The normalized spacial score (nSPS) is 11.5. The molecule has 0 spiro atoms. The predicted molar refractivity (Wildman–Crippen MR) is 115 cm³/mol. The van der Waals surface area contributed by atoms with Crippen molar-refractivity contribution in [3.8, 4) is 11.5 Å². The molecule has 1 atom stereocenters. The summed E-state index contributed by atoms with van der Waals surface area (Å²) in [5.74, 6) is 0.417. The van der Waals surface area contributed by atoms with Crippen LogP contribution in [0.4, 0.5) is 0 Å². The van der Waals surface area contributed by atoms with E-state index in [9.17, 15) is 9.59 Å². The van der Waals surface area contributed by atoms with E-state index in [0.717, 1.165) is 22.1 Å². The second kappa shape index (κ2) is 10.3. The van der Waals surface area contributed by atoms with Crippen LogP contribution in [0, 0.1) is 0 Å². The topological polar surface area (TPSA) is 73.9 Å². The zero-order valence-electron chi connectivity index (χ0n) is 17.1. The third-order valence-corrected chi connectivity index (χ3v) is 4.63. The molecule has 0 bridgehead atoms. The molecule has 3 aromatic rings. The van der Waals surface area contributed by atoms with Crippen LogP contribution in [0.5, 0.6) is 11.5 Å². The first-order valence-electron chi connectivity index (χ1n) is 9.77.